The maximum absolute atomic E-state index is 11.4. The Balaban J connectivity index is 3.57. The van der Waals surface area contributed by atoms with Gasteiger partial charge in [-0.05, 0) is 26.7 Å². The van der Waals surface area contributed by atoms with Gasteiger partial charge in [-0.1, -0.05) is 15.9 Å². The second kappa shape index (κ2) is 6.46. The molecule has 0 aliphatic carbocycles. The van der Waals surface area contributed by atoms with Crippen LogP contribution in [0.2, 0.25) is 0 Å². The molecule has 72 valence electrons. The molecule has 0 aliphatic rings. The minimum atomic E-state index is 0.256. The Morgan fingerprint density at radius 2 is 2.00 bits per heavy atom. The topological polar surface area (TPSA) is 20.3 Å². The molecule has 2 nitrogen and oxygen atoms in total. The lowest BCUT2D eigenvalue weighted by Gasteiger charge is -2.21. The molecule has 0 spiro atoms. The standard InChI is InChI=1S/C9H18BrNO/c1-8(2)11(3)9(12)6-4-5-7-10/h8H,4-7H2,1-3H3. The summed E-state index contributed by atoms with van der Waals surface area (Å²) in [5.41, 5.74) is 0. The largest absolute Gasteiger partial charge is 0.343 e. The fourth-order valence-corrected chi connectivity index (χ4v) is 1.23. The molecule has 0 bridgehead atoms. The minimum absolute atomic E-state index is 0.256. The average Bonchev–Trinajstić information content (AvgIpc) is 2.03. The van der Waals surface area contributed by atoms with E-state index in [9.17, 15) is 4.79 Å². The third-order valence-corrected chi connectivity index (χ3v) is 2.50. The second-order valence-electron chi connectivity index (χ2n) is 3.24. The van der Waals surface area contributed by atoms with E-state index in [1.54, 1.807) is 4.90 Å². The van der Waals surface area contributed by atoms with E-state index in [-0.39, 0.29) is 5.91 Å². The van der Waals surface area contributed by atoms with Crippen molar-refractivity contribution in [2.45, 2.75) is 39.2 Å². The molecule has 0 rings (SSSR count). The van der Waals surface area contributed by atoms with Crippen LogP contribution in [-0.2, 0) is 4.79 Å². The Bertz CT molecular complexity index is 136. The number of hydrogen-bond donors (Lipinski definition) is 0. The highest BCUT2D eigenvalue weighted by molar-refractivity contribution is 9.09. The van der Waals surface area contributed by atoms with Crippen molar-refractivity contribution in [1.82, 2.24) is 4.90 Å². The lowest BCUT2D eigenvalue weighted by molar-refractivity contribution is -0.131. The van der Waals surface area contributed by atoms with Gasteiger partial charge in [0, 0.05) is 24.8 Å². The monoisotopic (exact) mass is 235 g/mol. The summed E-state index contributed by atoms with van der Waals surface area (Å²) in [5, 5.41) is 0.992. The Morgan fingerprint density at radius 3 is 2.42 bits per heavy atom. The number of carbonyl (C=O) groups is 1. The number of halogens is 1. The number of alkyl halides is 1. The molecule has 0 fully saturated rings. The van der Waals surface area contributed by atoms with Crippen LogP contribution in [0.15, 0.2) is 0 Å². The lowest BCUT2D eigenvalue weighted by Crippen LogP contribution is -2.32. The van der Waals surface area contributed by atoms with Gasteiger partial charge in [0.15, 0.2) is 0 Å². The van der Waals surface area contributed by atoms with E-state index in [1.807, 2.05) is 20.9 Å². The molecule has 0 unspecified atom stereocenters. The molecule has 0 aromatic rings. The van der Waals surface area contributed by atoms with E-state index < -0.39 is 0 Å². The number of nitrogens with zero attached hydrogens (tertiary/aromatic N) is 1. The smallest absolute Gasteiger partial charge is 0.222 e. The molecule has 0 atom stereocenters. The van der Waals surface area contributed by atoms with Crippen LogP contribution in [0.1, 0.15) is 33.1 Å². The molecule has 1 amide bonds. The van der Waals surface area contributed by atoms with Crippen LogP contribution in [0.4, 0.5) is 0 Å². The molecule has 3 heteroatoms. The van der Waals surface area contributed by atoms with E-state index in [0.717, 1.165) is 18.2 Å². The summed E-state index contributed by atoms with van der Waals surface area (Å²) < 4.78 is 0. The first-order valence-corrected chi connectivity index (χ1v) is 5.53. The first kappa shape index (κ1) is 11.9. The fraction of sp³-hybridized carbons (Fsp3) is 0.889. The van der Waals surface area contributed by atoms with Gasteiger partial charge in [-0.3, -0.25) is 4.79 Å². The van der Waals surface area contributed by atoms with E-state index >= 15 is 0 Å². The molecular formula is C9H18BrNO. The van der Waals surface area contributed by atoms with Crippen LogP contribution in [0.25, 0.3) is 0 Å². The number of unbranched alkanes of at least 4 members (excludes halogenated alkanes) is 1. The summed E-state index contributed by atoms with van der Waals surface area (Å²) >= 11 is 3.34. The predicted molar refractivity (Wildman–Crippen MR) is 55.6 cm³/mol. The number of carbonyl (C=O) groups excluding carboxylic acids is 1. The highest BCUT2D eigenvalue weighted by Gasteiger charge is 2.10. The lowest BCUT2D eigenvalue weighted by atomic mass is 10.2. The summed E-state index contributed by atoms with van der Waals surface area (Å²) in [7, 11) is 1.86. The molecule has 0 aromatic carbocycles. The molecular weight excluding hydrogens is 218 g/mol. The number of amides is 1. The zero-order valence-corrected chi connectivity index (χ0v) is 9.73. The van der Waals surface area contributed by atoms with Crippen LogP contribution in [0.5, 0.6) is 0 Å². The van der Waals surface area contributed by atoms with Crippen molar-refractivity contribution in [3.63, 3.8) is 0 Å². The van der Waals surface area contributed by atoms with Gasteiger partial charge < -0.3 is 4.90 Å². The maximum atomic E-state index is 11.4. The first-order chi connectivity index (χ1) is 5.59. The van der Waals surface area contributed by atoms with E-state index in [2.05, 4.69) is 15.9 Å². The SMILES string of the molecule is CC(C)N(C)C(=O)CCCCBr. The molecule has 0 aromatic heterocycles. The van der Waals surface area contributed by atoms with Crippen molar-refractivity contribution < 1.29 is 4.79 Å². The molecule has 0 saturated heterocycles. The van der Waals surface area contributed by atoms with Gasteiger partial charge in [-0.15, -0.1) is 0 Å². The molecule has 0 radical (unpaired) electrons. The minimum Gasteiger partial charge on any atom is -0.343 e. The zero-order chi connectivity index (χ0) is 9.56. The Labute approximate surface area is 83.4 Å². The summed E-state index contributed by atoms with van der Waals surface area (Å²) in [5.74, 6) is 0.256. The van der Waals surface area contributed by atoms with E-state index in [4.69, 9.17) is 0 Å². The molecule has 12 heavy (non-hydrogen) atoms. The summed E-state index contributed by atoms with van der Waals surface area (Å²) in [6.45, 7) is 4.06. The van der Waals surface area contributed by atoms with Gasteiger partial charge in [0.1, 0.15) is 0 Å². The molecule has 0 saturated carbocycles. The quantitative estimate of drug-likeness (QED) is 0.530. The molecule has 0 aliphatic heterocycles. The highest BCUT2D eigenvalue weighted by atomic mass is 79.9. The van der Waals surface area contributed by atoms with Crippen molar-refractivity contribution in [3.8, 4) is 0 Å². The third kappa shape index (κ3) is 4.75. The number of rotatable bonds is 5. The van der Waals surface area contributed by atoms with E-state index in [1.165, 1.54) is 0 Å². The molecule has 0 heterocycles. The van der Waals surface area contributed by atoms with Gasteiger partial charge in [-0.2, -0.15) is 0 Å². The van der Waals surface area contributed by atoms with Gasteiger partial charge in [-0.25, -0.2) is 0 Å². The van der Waals surface area contributed by atoms with Crippen LogP contribution in [0, 0.1) is 0 Å². The normalized spacial score (nSPS) is 10.4. The molecule has 0 N–H and O–H groups in total. The summed E-state index contributed by atoms with van der Waals surface area (Å²) in [6, 6.07) is 0.321. The highest BCUT2D eigenvalue weighted by Crippen LogP contribution is 2.03. The van der Waals surface area contributed by atoms with Crippen molar-refractivity contribution in [1.29, 1.82) is 0 Å². The zero-order valence-electron chi connectivity index (χ0n) is 8.14. The number of hydrogen-bond acceptors (Lipinski definition) is 1. The fourth-order valence-electron chi connectivity index (χ4n) is 0.835. The van der Waals surface area contributed by atoms with Crippen molar-refractivity contribution in [2.24, 2.45) is 0 Å². The average molecular weight is 236 g/mol. The van der Waals surface area contributed by atoms with Gasteiger partial charge >= 0.3 is 0 Å². The van der Waals surface area contributed by atoms with Crippen LogP contribution < -0.4 is 0 Å². The predicted octanol–water partition coefficient (Wildman–Crippen LogP) is 2.42. The third-order valence-electron chi connectivity index (χ3n) is 1.94. The second-order valence-corrected chi connectivity index (χ2v) is 4.04. The Kier molecular flexibility index (Phi) is 6.44. The van der Waals surface area contributed by atoms with Crippen LogP contribution in [0.3, 0.4) is 0 Å². The summed E-state index contributed by atoms with van der Waals surface area (Å²) in [4.78, 5) is 13.2. The van der Waals surface area contributed by atoms with Crippen molar-refractivity contribution in [2.75, 3.05) is 12.4 Å². The van der Waals surface area contributed by atoms with E-state index in [0.29, 0.717) is 12.5 Å². The Hall–Kier alpha value is -0.0500. The van der Waals surface area contributed by atoms with Gasteiger partial charge in [0.25, 0.3) is 0 Å². The van der Waals surface area contributed by atoms with Gasteiger partial charge in [0.05, 0.1) is 0 Å². The first-order valence-electron chi connectivity index (χ1n) is 4.41. The maximum Gasteiger partial charge on any atom is 0.222 e. The van der Waals surface area contributed by atoms with Crippen molar-refractivity contribution >= 4 is 21.8 Å². The summed E-state index contributed by atoms with van der Waals surface area (Å²) in [6.07, 6.45) is 2.75. The van der Waals surface area contributed by atoms with Crippen LogP contribution >= 0.6 is 15.9 Å². The van der Waals surface area contributed by atoms with Crippen molar-refractivity contribution in [3.05, 3.63) is 0 Å². The van der Waals surface area contributed by atoms with Gasteiger partial charge in [0.2, 0.25) is 5.91 Å². The van der Waals surface area contributed by atoms with Crippen LogP contribution in [-0.4, -0.2) is 29.2 Å². The Morgan fingerprint density at radius 1 is 1.42 bits per heavy atom.